The number of hydrogen-bond acceptors (Lipinski definition) is 3. The zero-order valence-corrected chi connectivity index (χ0v) is 20.4. The quantitative estimate of drug-likeness (QED) is 0.314. The van der Waals surface area contributed by atoms with Crippen LogP contribution in [0, 0.1) is 0 Å². The summed E-state index contributed by atoms with van der Waals surface area (Å²) in [5.41, 5.74) is 2.93. The molecule has 1 aromatic carbocycles. The molecule has 2 aromatic rings. The highest BCUT2D eigenvalue weighted by Gasteiger charge is 2.09. The lowest BCUT2D eigenvalue weighted by atomic mass is 10.2. The van der Waals surface area contributed by atoms with Crippen LogP contribution in [0.25, 0.3) is 0 Å². The number of amides is 1. The maximum Gasteiger partial charge on any atom is 0.411 e. The van der Waals surface area contributed by atoms with Crippen molar-refractivity contribution in [2.24, 2.45) is 12.0 Å². The van der Waals surface area contributed by atoms with Crippen LogP contribution >= 0.6 is 39.9 Å². The molecule has 2 rings (SSSR count). The standard InChI is InChI=1S/C19H26BrN5O2.HI/c1-5-21-18(25(3)13-17-10-15(20)12-24(17)2)22-11-14-6-8-16(9-7-14)23-19(26)27-4;/h6-10,12H,5,11,13H2,1-4H3,(H,21,22)(H,23,26);1H. The van der Waals surface area contributed by atoms with Gasteiger partial charge in [-0.15, -0.1) is 24.0 Å². The number of benzene rings is 1. The third-order valence-electron chi connectivity index (χ3n) is 3.97. The highest BCUT2D eigenvalue weighted by Crippen LogP contribution is 2.15. The number of rotatable bonds is 6. The summed E-state index contributed by atoms with van der Waals surface area (Å²) in [6.07, 6.45) is 1.56. The van der Waals surface area contributed by atoms with Gasteiger partial charge in [-0.3, -0.25) is 5.32 Å². The van der Waals surface area contributed by atoms with E-state index in [2.05, 4.69) is 53.8 Å². The van der Waals surface area contributed by atoms with E-state index in [0.29, 0.717) is 12.2 Å². The number of aryl methyl sites for hydroxylation is 1. The SMILES string of the molecule is CCNC(=NCc1ccc(NC(=O)OC)cc1)N(C)Cc1cc(Br)cn1C.I. The Kier molecular flexibility index (Phi) is 10.4. The number of halogens is 2. The van der Waals surface area contributed by atoms with Crippen LogP contribution in [-0.4, -0.2) is 42.2 Å². The van der Waals surface area contributed by atoms with Gasteiger partial charge in [0.05, 0.1) is 20.2 Å². The first-order chi connectivity index (χ1) is 12.9. The fourth-order valence-electron chi connectivity index (χ4n) is 2.54. The number of carbonyl (C=O) groups excluding carboxylic acids is 1. The molecule has 1 amide bonds. The summed E-state index contributed by atoms with van der Waals surface area (Å²) in [5, 5.41) is 5.96. The van der Waals surface area contributed by atoms with Crippen LogP contribution in [-0.2, 0) is 24.9 Å². The highest BCUT2D eigenvalue weighted by molar-refractivity contribution is 14.0. The molecular formula is C19H27BrIN5O2. The zero-order chi connectivity index (χ0) is 19.8. The van der Waals surface area contributed by atoms with Gasteiger partial charge in [0.25, 0.3) is 0 Å². The minimum Gasteiger partial charge on any atom is -0.453 e. The predicted octanol–water partition coefficient (Wildman–Crippen LogP) is 4.18. The van der Waals surface area contributed by atoms with Crippen LogP contribution in [0.2, 0.25) is 0 Å². The number of nitrogens with one attached hydrogen (secondary N) is 2. The summed E-state index contributed by atoms with van der Waals surface area (Å²) in [7, 11) is 5.39. The number of nitrogens with zero attached hydrogens (tertiary/aromatic N) is 3. The molecule has 0 saturated carbocycles. The molecule has 0 spiro atoms. The third kappa shape index (κ3) is 7.34. The summed E-state index contributed by atoms with van der Waals surface area (Å²) in [5.74, 6) is 0.839. The van der Waals surface area contributed by atoms with Crippen molar-refractivity contribution in [2.45, 2.75) is 20.0 Å². The Hall–Kier alpha value is -1.75. The lowest BCUT2D eigenvalue weighted by Crippen LogP contribution is -2.38. The van der Waals surface area contributed by atoms with E-state index in [1.807, 2.05) is 44.6 Å². The molecule has 0 atom stereocenters. The van der Waals surface area contributed by atoms with E-state index < -0.39 is 6.09 Å². The molecule has 0 saturated heterocycles. The smallest absolute Gasteiger partial charge is 0.411 e. The molecule has 0 aliphatic rings. The Morgan fingerprint density at radius 2 is 2.00 bits per heavy atom. The minimum atomic E-state index is -0.482. The van der Waals surface area contributed by atoms with Gasteiger partial charge in [0.15, 0.2) is 5.96 Å². The van der Waals surface area contributed by atoms with Gasteiger partial charge in [0.2, 0.25) is 0 Å². The molecule has 0 fully saturated rings. The maximum atomic E-state index is 11.2. The van der Waals surface area contributed by atoms with Crippen LogP contribution in [0.5, 0.6) is 0 Å². The Morgan fingerprint density at radius 3 is 2.54 bits per heavy atom. The lowest BCUT2D eigenvalue weighted by Gasteiger charge is -2.22. The van der Waals surface area contributed by atoms with Crippen LogP contribution in [0.15, 0.2) is 46.0 Å². The molecule has 0 bridgehead atoms. The van der Waals surface area contributed by atoms with Gasteiger partial charge in [-0.2, -0.15) is 0 Å². The largest absolute Gasteiger partial charge is 0.453 e. The molecule has 1 aromatic heterocycles. The molecule has 1 heterocycles. The number of aromatic nitrogens is 1. The highest BCUT2D eigenvalue weighted by atomic mass is 127. The third-order valence-corrected chi connectivity index (χ3v) is 4.40. The van der Waals surface area contributed by atoms with E-state index in [4.69, 9.17) is 4.99 Å². The summed E-state index contributed by atoms with van der Waals surface area (Å²) in [6, 6.07) is 9.65. The van der Waals surface area contributed by atoms with Crippen LogP contribution < -0.4 is 10.6 Å². The van der Waals surface area contributed by atoms with E-state index >= 15 is 0 Å². The van der Waals surface area contributed by atoms with Crippen molar-refractivity contribution in [3.63, 3.8) is 0 Å². The fraction of sp³-hybridized carbons (Fsp3) is 0.368. The molecule has 0 aliphatic heterocycles. The first kappa shape index (κ1) is 24.3. The lowest BCUT2D eigenvalue weighted by molar-refractivity contribution is 0.187. The topological polar surface area (TPSA) is 70.9 Å². The van der Waals surface area contributed by atoms with Crippen LogP contribution in [0.4, 0.5) is 10.5 Å². The Balaban J connectivity index is 0.00000392. The molecule has 2 N–H and O–H groups in total. The Morgan fingerprint density at radius 1 is 1.32 bits per heavy atom. The summed E-state index contributed by atoms with van der Waals surface area (Å²) in [4.78, 5) is 18.0. The van der Waals surface area contributed by atoms with Crippen molar-refractivity contribution in [2.75, 3.05) is 26.0 Å². The van der Waals surface area contributed by atoms with Crippen molar-refractivity contribution >= 4 is 57.6 Å². The van der Waals surface area contributed by atoms with Crippen LogP contribution in [0.3, 0.4) is 0 Å². The van der Waals surface area contributed by atoms with Gasteiger partial charge in [-0.1, -0.05) is 12.1 Å². The summed E-state index contributed by atoms with van der Waals surface area (Å²) >= 11 is 3.51. The molecule has 0 aliphatic carbocycles. The van der Waals surface area contributed by atoms with Crippen molar-refractivity contribution in [3.05, 3.63) is 52.3 Å². The van der Waals surface area contributed by atoms with Crippen LogP contribution in [0.1, 0.15) is 18.2 Å². The number of hydrogen-bond donors (Lipinski definition) is 2. The molecular weight excluding hydrogens is 537 g/mol. The first-order valence-corrected chi connectivity index (χ1v) is 9.46. The van der Waals surface area contributed by atoms with Crippen molar-refractivity contribution < 1.29 is 9.53 Å². The van der Waals surface area contributed by atoms with E-state index in [1.54, 1.807) is 0 Å². The van der Waals surface area contributed by atoms with Gasteiger partial charge in [0, 0.05) is 42.7 Å². The summed E-state index contributed by atoms with van der Waals surface area (Å²) < 4.78 is 7.75. The monoisotopic (exact) mass is 563 g/mol. The number of carbonyl (C=O) groups is 1. The zero-order valence-electron chi connectivity index (χ0n) is 16.5. The fourth-order valence-corrected chi connectivity index (χ4v) is 3.11. The summed E-state index contributed by atoms with van der Waals surface area (Å²) in [6.45, 7) is 4.13. The Bertz CT molecular complexity index is 792. The second kappa shape index (κ2) is 11.9. The second-order valence-corrected chi connectivity index (χ2v) is 7.02. The van der Waals surface area contributed by atoms with Gasteiger partial charge in [0.1, 0.15) is 0 Å². The average molecular weight is 564 g/mol. The average Bonchev–Trinajstić information content (AvgIpc) is 2.96. The maximum absolute atomic E-state index is 11.2. The number of guanidine groups is 1. The van der Waals surface area contributed by atoms with Crippen molar-refractivity contribution in [1.29, 1.82) is 0 Å². The first-order valence-electron chi connectivity index (χ1n) is 8.67. The minimum absolute atomic E-state index is 0. The van der Waals surface area contributed by atoms with Gasteiger partial charge >= 0.3 is 6.09 Å². The van der Waals surface area contributed by atoms with Crippen molar-refractivity contribution in [3.8, 4) is 0 Å². The van der Waals surface area contributed by atoms with E-state index in [-0.39, 0.29) is 24.0 Å². The van der Waals surface area contributed by atoms with Gasteiger partial charge in [-0.05, 0) is 46.6 Å². The number of aliphatic imine (C=N–C) groups is 1. The number of ether oxygens (including phenoxy) is 1. The predicted molar refractivity (Wildman–Crippen MR) is 127 cm³/mol. The van der Waals surface area contributed by atoms with Crippen molar-refractivity contribution in [1.82, 2.24) is 14.8 Å². The molecule has 154 valence electrons. The van der Waals surface area contributed by atoms with Gasteiger partial charge in [-0.25, -0.2) is 9.79 Å². The normalized spacial score (nSPS) is 10.8. The van der Waals surface area contributed by atoms with Gasteiger partial charge < -0.3 is 19.5 Å². The Labute approximate surface area is 191 Å². The number of methoxy groups -OCH3 is 1. The van der Waals surface area contributed by atoms with E-state index in [1.165, 1.54) is 12.8 Å². The molecule has 7 nitrogen and oxygen atoms in total. The molecule has 0 unspecified atom stereocenters. The molecule has 9 heteroatoms. The second-order valence-electron chi connectivity index (χ2n) is 6.10. The van der Waals surface area contributed by atoms with E-state index in [9.17, 15) is 4.79 Å². The molecule has 28 heavy (non-hydrogen) atoms. The molecule has 0 radical (unpaired) electrons. The number of anilines is 1. The van der Waals surface area contributed by atoms with E-state index in [0.717, 1.165) is 29.1 Å².